The molecule has 0 aromatic heterocycles. The third-order valence-corrected chi connectivity index (χ3v) is 1.78. The van der Waals surface area contributed by atoms with Crippen LogP contribution in [0.1, 0.15) is 33.1 Å². The number of hydrogen-bond acceptors (Lipinski definition) is 1. The Labute approximate surface area is 51.0 Å². The van der Waals surface area contributed by atoms with Crippen LogP contribution < -0.4 is 0 Å². The smallest absolute Gasteiger partial charge is 0.0577 e. The van der Waals surface area contributed by atoms with Crippen molar-refractivity contribution in [2.75, 3.05) is 0 Å². The Morgan fingerprint density at radius 3 is 2.50 bits per heavy atom. The van der Waals surface area contributed by atoms with Crippen LogP contribution in [0.3, 0.4) is 0 Å². The third-order valence-electron chi connectivity index (χ3n) is 1.78. The second kappa shape index (κ2) is 2.49. The van der Waals surface area contributed by atoms with Crippen molar-refractivity contribution in [1.29, 1.82) is 0 Å². The van der Waals surface area contributed by atoms with Crippen molar-refractivity contribution in [2.24, 2.45) is 0 Å². The zero-order valence-electron chi connectivity index (χ0n) is 5.68. The topological polar surface area (TPSA) is 9.23 Å². The summed E-state index contributed by atoms with van der Waals surface area (Å²) in [6, 6.07) is 0. The predicted octanol–water partition coefficient (Wildman–Crippen LogP) is 1.96. The highest BCUT2D eigenvalue weighted by Gasteiger charge is 2.18. The first kappa shape index (κ1) is 6.09. The van der Waals surface area contributed by atoms with Crippen molar-refractivity contribution in [3.8, 4) is 0 Å². The van der Waals surface area contributed by atoms with Crippen LogP contribution in [0.25, 0.3) is 0 Å². The van der Waals surface area contributed by atoms with Gasteiger partial charge >= 0.3 is 0 Å². The fraction of sp³-hybridized carbons (Fsp3) is 1.00. The Kier molecular flexibility index (Phi) is 1.90. The van der Waals surface area contributed by atoms with Crippen LogP contribution in [-0.2, 0) is 4.74 Å². The Bertz CT molecular complexity index is 70.8. The standard InChI is InChI=1S/C7H14O/c1-3-7-5-4-6(2)8-7/h6-7H,3-5H2,1-2H3/t6-,7+/m0/s1. The van der Waals surface area contributed by atoms with Gasteiger partial charge in [-0.25, -0.2) is 0 Å². The van der Waals surface area contributed by atoms with Crippen LogP contribution in [0.5, 0.6) is 0 Å². The van der Waals surface area contributed by atoms with Gasteiger partial charge in [0.25, 0.3) is 0 Å². The van der Waals surface area contributed by atoms with Gasteiger partial charge in [-0.1, -0.05) is 6.92 Å². The lowest BCUT2D eigenvalue weighted by atomic mass is 10.2. The largest absolute Gasteiger partial charge is 0.375 e. The van der Waals surface area contributed by atoms with Crippen LogP contribution in [-0.4, -0.2) is 12.2 Å². The zero-order valence-corrected chi connectivity index (χ0v) is 5.68. The Hall–Kier alpha value is -0.0400. The van der Waals surface area contributed by atoms with Crippen LogP contribution in [0.15, 0.2) is 0 Å². The molecule has 1 saturated heterocycles. The number of hydrogen-bond donors (Lipinski definition) is 0. The molecule has 0 radical (unpaired) electrons. The summed E-state index contributed by atoms with van der Waals surface area (Å²) < 4.78 is 5.51. The summed E-state index contributed by atoms with van der Waals surface area (Å²) in [6.45, 7) is 4.33. The van der Waals surface area contributed by atoms with Crippen molar-refractivity contribution >= 4 is 0 Å². The van der Waals surface area contributed by atoms with E-state index in [9.17, 15) is 0 Å². The van der Waals surface area contributed by atoms with Gasteiger partial charge in [0.05, 0.1) is 12.2 Å². The average Bonchev–Trinajstić information content (AvgIpc) is 2.14. The van der Waals surface area contributed by atoms with E-state index >= 15 is 0 Å². The van der Waals surface area contributed by atoms with Gasteiger partial charge in [0.15, 0.2) is 0 Å². The van der Waals surface area contributed by atoms with Gasteiger partial charge in [-0.3, -0.25) is 0 Å². The van der Waals surface area contributed by atoms with Gasteiger partial charge < -0.3 is 4.74 Å². The quantitative estimate of drug-likeness (QED) is 0.506. The summed E-state index contributed by atoms with van der Waals surface area (Å²) in [5.41, 5.74) is 0. The van der Waals surface area contributed by atoms with E-state index in [4.69, 9.17) is 4.74 Å². The highest BCUT2D eigenvalue weighted by atomic mass is 16.5. The number of rotatable bonds is 1. The van der Waals surface area contributed by atoms with Gasteiger partial charge in [0.1, 0.15) is 0 Å². The Morgan fingerprint density at radius 2 is 2.25 bits per heavy atom. The minimum atomic E-state index is 0.528. The lowest BCUT2D eigenvalue weighted by Gasteiger charge is -2.05. The van der Waals surface area contributed by atoms with Crippen molar-refractivity contribution < 1.29 is 4.74 Å². The molecule has 0 spiro atoms. The maximum absolute atomic E-state index is 5.51. The molecule has 1 rings (SSSR count). The first-order valence-electron chi connectivity index (χ1n) is 3.48. The SMILES string of the molecule is CC[C@@H]1CC[C@H](C)O1. The van der Waals surface area contributed by atoms with Crippen molar-refractivity contribution in [3.63, 3.8) is 0 Å². The summed E-state index contributed by atoms with van der Waals surface area (Å²) in [5, 5.41) is 0. The second-order valence-corrected chi connectivity index (χ2v) is 2.55. The molecule has 1 nitrogen and oxygen atoms in total. The molecule has 1 aliphatic heterocycles. The van der Waals surface area contributed by atoms with E-state index in [2.05, 4.69) is 13.8 Å². The molecule has 1 aliphatic rings. The average molecular weight is 114 g/mol. The highest BCUT2D eigenvalue weighted by molar-refractivity contribution is 4.68. The minimum Gasteiger partial charge on any atom is -0.375 e. The fourth-order valence-corrected chi connectivity index (χ4v) is 1.19. The molecular formula is C7H14O. The van der Waals surface area contributed by atoms with Crippen LogP contribution in [0.2, 0.25) is 0 Å². The van der Waals surface area contributed by atoms with Gasteiger partial charge in [-0.2, -0.15) is 0 Å². The molecule has 0 aromatic carbocycles. The fourth-order valence-electron chi connectivity index (χ4n) is 1.19. The molecule has 1 heterocycles. The van der Waals surface area contributed by atoms with E-state index in [0.29, 0.717) is 12.2 Å². The van der Waals surface area contributed by atoms with Crippen LogP contribution >= 0.6 is 0 Å². The van der Waals surface area contributed by atoms with E-state index in [1.807, 2.05) is 0 Å². The van der Waals surface area contributed by atoms with Crippen LogP contribution in [0, 0.1) is 0 Å². The Balaban J connectivity index is 2.22. The van der Waals surface area contributed by atoms with Crippen molar-refractivity contribution in [1.82, 2.24) is 0 Å². The maximum atomic E-state index is 5.51. The van der Waals surface area contributed by atoms with Crippen LogP contribution in [0.4, 0.5) is 0 Å². The molecule has 1 heteroatoms. The van der Waals surface area contributed by atoms with Gasteiger partial charge in [-0.05, 0) is 26.2 Å². The molecular weight excluding hydrogens is 100 g/mol. The first-order chi connectivity index (χ1) is 3.83. The molecule has 0 aliphatic carbocycles. The second-order valence-electron chi connectivity index (χ2n) is 2.55. The lowest BCUT2D eigenvalue weighted by molar-refractivity contribution is 0.0540. The molecule has 0 unspecified atom stereocenters. The predicted molar refractivity (Wildman–Crippen MR) is 33.9 cm³/mol. The molecule has 0 amide bonds. The molecule has 1 fully saturated rings. The summed E-state index contributed by atoms with van der Waals surface area (Å²) in [7, 11) is 0. The summed E-state index contributed by atoms with van der Waals surface area (Å²) in [5.74, 6) is 0. The molecule has 0 N–H and O–H groups in total. The van der Waals surface area contributed by atoms with E-state index < -0.39 is 0 Å². The lowest BCUT2D eigenvalue weighted by Crippen LogP contribution is -2.05. The van der Waals surface area contributed by atoms with Gasteiger partial charge in [0, 0.05) is 0 Å². The van der Waals surface area contributed by atoms with E-state index in [0.717, 1.165) is 0 Å². The number of ether oxygens (including phenoxy) is 1. The summed E-state index contributed by atoms with van der Waals surface area (Å²) in [4.78, 5) is 0. The van der Waals surface area contributed by atoms with Gasteiger partial charge in [-0.15, -0.1) is 0 Å². The van der Waals surface area contributed by atoms with E-state index in [1.54, 1.807) is 0 Å². The zero-order chi connectivity index (χ0) is 5.98. The molecule has 8 heavy (non-hydrogen) atoms. The molecule has 0 bridgehead atoms. The summed E-state index contributed by atoms with van der Waals surface area (Å²) in [6.07, 6.45) is 4.82. The Morgan fingerprint density at radius 1 is 1.50 bits per heavy atom. The van der Waals surface area contributed by atoms with Crippen molar-refractivity contribution in [2.45, 2.75) is 45.3 Å². The third kappa shape index (κ3) is 1.22. The molecule has 0 saturated carbocycles. The minimum absolute atomic E-state index is 0.528. The molecule has 0 aromatic rings. The van der Waals surface area contributed by atoms with E-state index in [1.165, 1.54) is 19.3 Å². The maximum Gasteiger partial charge on any atom is 0.0577 e. The van der Waals surface area contributed by atoms with Crippen molar-refractivity contribution in [3.05, 3.63) is 0 Å². The van der Waals surface area contributed by atoms with Gasteiger partial charge in [0.2, 0.25) is 0 Å². The van der Waals surface area contributed by atoms with E-state index in [-0.39, 0.29) is 0 Å². The highest BCUT2D eigenvalue weighted by Crippen LogP contribution is 2.20. The molecule has 48 valence electrons. The summed E-state index contributed by atoms with van der Waals surface area (Å²) >= 11 is 0. The molecule has 2 atom stereocenters. The normalized spacial score (nSPS) is 38.2. The first-order valence-corrected chi connectivity index (χ1v) is 3.48. The monoisotopic (exact) mass is 114 g/mol.